The Balaban J connectivity index is 1.32. The summed E-state index contributed by atoms with van der Waals surface area (Å²) in [5.41, 5.74) is 1.45. The number of thiophene rings is 1. The summed E-state index contributed by atoms with van der Waals surface area (Å²) in [6.45, 7) is 3.61. The number of anilines is 2. The van der Waals surface area contributed by atoms with E-state index in [4.69, 9.17) is 21.6 Å². The molecule has 0 spiro atoms. The van der Waals surface area contributed by atoms with Gasteiger partial charge in [-0.25, -0.2) is 15.0 Å². The van der Waals surface area contributed by atoms with Gasteiger partial charge in [0, 0.05) is 30.1 Å². The first kappa shape index (κ1) is 18.8. The van der Waals surface area contributed by atoms with Crippen LogP contribution >= 0.6 is 22.9 Å². The number of aromatic nitrogens is 3. The Hall–Kier alpha value is -2.25. The van der Waals surface area contributed by atoms with Gasteiger partial charge in [0.05, 0.1) is 10.4 Å². The summed E-state index contributed by atoms with van der Waals surface area (Å²) in [5, 5.41) is 4.72. The van der Waals surface area contributed by atoms with Gasteiger partial charge in [0.2, 0.25) is 5.91 Å². The molecule has 1 amide bonds. The zero-order valence-corrected chi connectivity index (χ0v) is 17.8. The predicted molar refractivity (Wildman–Crippen MR) is 117 cm³/mol. The Labute approximate surface area is 178 Å². The van der Waals surface area contributed by atoms with Crippen LogP contribution in [-0.4, -0.2) is 33.9 Å². The van der Waals surface area contributed by atoms with Gasteiger partial charge in [0.25, 0.3) is 0 Å². The van der Waals surface area contributed by atoms with Gasteiger partial charge in [0.15, 0.2) is 0 Å². The number of hydrogen-bond acceptors (Lipinski definition) is 6. The fourth-order valence-corrected chi connectivity index (χ4v) is 5.75. The lowest BCUT2D eigenvalue weighted by Gasteiger charge is -2.32. The summed E-state index contributed by atoms with van der Waals surface area (Å²) in [4.78, 5) is 31.2. The molecule has 1 saturated heterocycles. The highest BCUT2D eigenvalue weighted by molar-refractivity contribution is 7.19. The molecular weight excluding hydrogens is 406 g/mol. The van der Waals surface area contributed by atoms with Crippen LogP contribution in [0.3, 0.4) is 0 Å². The molecule has 150 valence electrons. The van der Waals surface area contributed by atoms with Gasteiger partial charge in [-0.05, 0) is 56.7 Å². The lowest BCUT2D eigenvalue weighted by Crippen LogP contribution is -2.38. The molecule has 1 fully saturated rings. The molecule has 5 rings (SSSR count). The van der Waals surface area contributed by atoms with E-state index in [0.717, 1.165) is 55.2 Å². The van der Waals surface area contributed by atoms with Crippen molar-refractivity contribution in [2.24, 2.45) is 5.92 Å². The van der Waals surface area contributed by atoms with Gasteiger partial charge in [-0.1, -0.05) is 11.6 Å². The molecule has 0 bridgehead atoms. The number of amides is 1. The highest BCUT2D eigenvalue weighted by Crippen LogP contribution is 2.41. The van der Waals surface area contributed by atoms with Gasteiger partial charge >= 0.3 is 0 Å². The van der Waals surface area contributed by atoms with Crippen molar-refractivity contribution in [2.45, 2.75) is 39.0 Å². The van der Waals surface area contributed by atoms with E-state index in [1.165, 1.54) is 22.2 Å². The number of nitrogens with zero attached hydrogens (tertiary/aromatic N) is 4. The van der Waals surface area contributed by atoms with E-state index in [0.29, 0.717) is 10.8 Å². The van der Waals surface area contributed by atoms with E-state index in [2.05, 4.69) is 15.2 Å². The van der Waals surface area contributed by atoms with Crippen LogP contribution in [0.1, 0.15) is 35.5 Å². The van der Waals surface area contributed by atoms with E-state index in [1.807, 2.05) is 18.3 Å². The Bertz CT molecular complexity index is 1070. The number of pyridine rings is 1. The van der Waals surface area contributed by atoms with Crippen LogP contribution in [0.25, 0.3) is 10.2 Å². The van der Waals surface area contributed by atoms with Crippen molar-refractivity contribution in [3.05, 3.63) is 39.6 Å². The third-order valence-corrected chi connectivity index (χ3v) is 7.21. The molecule has 0 atom stereocenters. The minimum atomic E-state index is -0.0182. The average Bonchev–Trinajstić information content (AvgIpc) is 3.30. The van der Waals surface area contributed by atoms with Crippen LogP contribution < -0.4 is 10.2 Å². The van der Waals surface area contributed by atoms with Crippen molar-refractivity contribution in [3.63, 3.8) is 0 Å². The summed E-state index contributed by atoms with van der Waals surface area (Å²) in [7, 11) is 0. The van der Waals surface area contributed by atoms with E-state index in [9.17, 15) is 4.79 Å². The average molecular weight is 428 g/mol. The van der Waals surface area contributed by atoms with Crippen molar-refractivity contribution >= 4 is 50.7 Å². The van der Waals surface area contributed by atoms with E-state index in [1.54, 1.807) is 18.3 Å². The molecular formula is C21H22ClN5OS. The molecule has 0 aromatic carbocycles. The number of carbonyl (C=O) groups excluding carboxylic acids is 1. The number of carbonyl (C=O) groups is 1. The number of halogens is 1. The SMILES string of the molecule is Cc1nc(N2CCC(C(=O)Nc3ccc(Cl)cn3)CC2)c2c3c(sc2n1)CCC3. The number of aryl methyl sites for hydroxylation is 3. The third-order valence-electron chi connectivity index (χ3n) is 5.80. The number of nitrogens with one attached hydrogen (secondary N) is 1. The minimum absolute atomic E-state index is 0.0182. The van der Waals surface area contributed by atoms with Crippen molar-refractivity contribution in [1.29, 1.82) is 0 Å². The molecule has 0 unspecified atom stereocenters. The smallest absolute Gasteiger partial charge is 0.228 e. The second-order valence-corrected chi connectivity index (χ2v) is 9.26. The van der Waals surface area contributed by atoms with E-state index >= 15 is 0 Å². The molecule has 29 heavy (non-hydrogen) atoms. The zero-order chi connectivity index (χ0) is 20.0. The maximum Gasteiger partial charge on any atom is 0.228 e. The van der Waals surface area contributed by atoms with Crippen molar-refractivity contribution < 1.29 is 4.79 Å². The molecule has 6 nitrogen and oxygen atoms in total. The number of piperidine rings is 1. The monoisotopic (exact) mass is 427 g/mol. The fraction of sp³-hybridized carbons (Fsp3) is 0.429. The zero-order valence-electron chi connectivity index (χ0n) is 16.2. The van der Waals surface area contributed by atoms with Crippen LogP contribution in [0.5, 0.6) is 0 Å². The highest BCUT2D eigenvalue weighted by atomic mass is 35.5. The predicted octanol–water partition coefficient (Wildman–Crippen LogP) is 4.39. The maximum absolute atomic E-state index is 12.6. The molecule has 3 aromatic rings. The van der Waals surface area contributed by atoms with Gasteiger partial charge < -0.3 is 10.2 Å². The first-order valence-electron chi connectivity index (χ1n) is 10.0. The molecule has 1 aliphatic carbocycles. The molecule has 2 aliphatic rings. The topological polar surface area (TPSA) is 71.0 Å². The standard InChI is InChI=1S/C21H22ClN5OS/c1-12-24-19(18-15-3-2-4-16(15)29-21(18)25-12)27-9-7-13(8-10-27)20(28)26-17-6-5-14(22)11-23-17/h5-6,11,13H,2-4,7-10H2,1H3,(H,23,26,28). The summed E-state index contributed by atoms with van der Waals surface area (Å²) in [6.07, 6.45) is 6.66. The van der Waals surface area contributed by atoms with Crippen LogP contribution in [0.15, 0.2) is 18.3 Å². The number of rotatable bonds is 3. The Morgan fingerprint density at radius 1 is 1.24 bits per heavy atom. The quantitative estimate of drug-likeness (QED) is 0.671. The molecule has 0 radical (unpaired) electrons. The number of fused-ring (bicyclic) bond motifs is 3. The van der Waals surface area contributed by atoms with Gasteiger partial charge in [-0.15, -0.1) is 11.3 Å². The lowest BCUT2D eigenvalue weighted by atomic mass is 9.95. The summed E-state index contributed by atoms with van der Waals surface area (Å²) in [6, 6.07) is 3.46. The van der Waals surface area contributed by atoms with Crippen LogP contribution in [0.4, 0.5) is 11.6 Å². The minimum Gasteiger partial charge on any atom is -0.356 e. The Morgan fingerprint density at radius 2 is 2.07 bits per heavy atom. The maximum atomic E-state index is 12.6. The fourth-order valence-electron chi connectivity index (χ4n) is 4.34. The summed E-state index contributed by atoms with van der Waals surface area (Å²) >= 11 is 7.69. The van der Waals surface area contributed by atoms with Crippen LogP contribution in [0.2, 0.25) is 5.02 Å². The molecule has 8 heteroatoms. The van der Waals surface area contributed by atoms with E-state index in [-0.39, 0.29) is 11.8 Å². The normalized spacial score (nSPS) is 17.0. The van der Waals surface area contributed by atoms with Crippen LogP contribution in [0, 0.1) is 12.8 Å². The Kier molecular flexibility index (Phi) is 4.87. The second kappa shape index (κ2) is 7.54. The summed E-state index contributed by atoms with van der Waals surface area (Å²) in [5.74, 6) is 2.44. The molecule has 1 aliphatic heterocycles. The molecule has 4 heterocycles. The largest absolute Gasteiger partial charge is 0.356 e. The first-order chi connectivity index (χ1) is 14.1. The summed E-state index contributed by atoms with van der Waals surface area (Å²) < 4.78 is 0. The Morgan fingerprint density at radius 3 is 2.83 bits per heavy atom. The first-order valence-corrected chi connectivity index (χ1v) is 11.2. The number of hydrogen-bond donors (Lipinski definition) is 1. The highest BCUT2D eigenvalue weighted by Gasteiger charge is 2.29. The third kappa shape index (κ3) is 3.57. The van der Waals surface area contributed by atoms with Crippen LogP contribution in [-0.2, 0) is 17.6 Å². The van der Waals surface area contributed by atoms with E-state index < -0.39 is 0 Å². The van der Waals surface area contributed by atoms with Crippen molar-refractivity contribution in [3.8, 4) is 0 Å². The molecule has 0 saturated carbocycles. The van der Waals surface area contributed by atoms with Crippen molar-refractivity contribution in [1.82, 2.24) is 15.0 Å². The lowest BCUT2D eigenvalue weighted by molar-refractivity contribution is -0.120. The van der Waals surface area contributed by atoms with Crippen molar-refractivity contribution in [2.75, 3.05) is 23.3 Å². The van der Waals surface area contributed by atoms with Gasteiger partial charge in [0.1, 0.15) is 22.3 Å². The molecule has 3 aromatic heterocycles. The second-order valence-electron chi connectivity index (χ2n) is 7.74. The van der Waals surface area contributed by atoms with Gasteiger partial charge in [-0.3, -0.25) is 4.79 Å². The van der Waals surface area contributed by atoms with Gasteiger partial charge in [-0.2, -0.15) is 0 Å². The molecule has 1 N–H and O–H groups in total.